The Morgan fingerprint density at radius 3 is 0.905 bits per heavy atom. The maximum absolute atomic E-state index is 13.5. The van der Waals surface area contributed by atoms with E-state index in [4.69, 9.17) is 0 Å². The molecular formula is C34H26O6S2. The average molecular weight is 595 g/mol. The van der Waals surface area contributed by atoms with E-state index in [1.807, 2.05) is 48.5 Å². The zero-order valence-corrected chi connectivity index (χ0v) is 24.0. The van der Waals surface area contributed by atoms with Gasteiger partial charge in [0.1, 0.15) is 9.79 Å². The van der Waals surface area contributed by atoms with Crippen molar-refractivity contribution in [3.63, 3.8) is 0 Å². The molecule has 0 amide bonds. The number of hydrogen-bond donors (Lipinski definition) is 2. The molecule has 0 saturated carbocycles. The van der Waals surface area contributed by atoms with Crippen molar-refractivity contribution in [3.8, 4) is 0 Å². The summed E-state index contributed by atoms with van der Waals surface area (Å²) in [5.41, 5.74) is 5.31. The van der Waals surface area contributed by atoms with E-state index in [1.54, 1.807) is 0 Å². The molecule has 8 heteroatoms. The molecule has 2 N–H and O–H groups in total. The summed E-state index contributed by atoms with van der Waals surface area (Å²) in [5.74, 6) is -1.65. The van der Waals surface area contributed by atoms with Crippen LogP contribution in [0.1, 0.15) is 93.9 Å². The average Bonchev–Trinajstić information content (AvgIpc) is 2.97. The fourth-order valence-electron chi connectivity index (χ4n) is 8.97. The summed E-state index contributed by atoms with van der Waals surface area (Å²) in [7, 11) is -9.52. The molecule has 0 saturated heterocycles. The van der Waals surface area contributed by atoms with Crippen LogP contribution >= 0.6 is 0 Å². The van der Waals surface area contributed by atoms with Gasteiger partial charge in [-0.25, -0.2) is 0 Å². The van der Waals surface area contributed by atoms with Crippen LogP contribution in [0.2, 0.25) is 0 Å². The van der Waals surface area contributed by atoms with Crippen LogP contribution in [0.25, 0.3) is 21.5 Å². The standard InChI is InChI=1S/C34H26O6S2/c35-41(36,37)33-29-21-9-10-22(26-14-18-6-2-1-5-17(18)13-25(21)26)30(29)34(42(38,39)40)32-24-12-11-23(31(32)33)27-15-19-7-3-4-8-20(19)16-28(24)27/h1-8,13-16,21-24H,9-12H2,(H,35,36,37)(H,38,39,40). The molecule has 6 aliphatic carbocycles. The van der Waals surface area contributed by atoms with Gasteiger partial charge in [-0.1, -0.05) is 72.8 Å². The van der Waals surface area contributed by atoms with Crippen molar-refractivity contribution in [1.82, 2.24) is 0 Å². The minimum absolute atomic E-state index is 0.137. The van der Waals surface area contributed by atoms with Gasteiger partial charge in [0, 0.05) is 23.7 Å². The molecule has 0 aliphatic heterocycles. The van der Waals surface area contributed by atoms with Crippen LogP contribution in [-0.2, 0) is 20.2 Å². The van der Waals surface area contributed by atoms with Crippen molar-refractivity contribution in [2.24, 2.45) is 0 Å². The molecule has 0 heterocycles. The summed E-state index contributed by atoms with van der Waals surface area (Å²) in [6, 6.07) is 24.2. The van der Waals surface area contributed by atoms with E-state index < -0.39 is 43.9 Å². The van der Waals surface area contributed by atoms with Gasteiger partial charge in [-0.15, -0.1) is 0 Å². The van der Waals surface area contributed by atoms with Gasteiger partial charge < -0.3 is 0 Å². The molecule has 6 nitrogen and oxygen atoms in total. The lowest BCUT2D eigenvalue weighted by Crippen LogP contribution is -2.35. The third-order valence-corrected chi connectivity index (χ3v) is 12.3. The Morgan fingerprint density at radius 2 is 0.690 bits per heavy atom. The Balaban J connectivity index is 1.44. The van der Waals surface area contributed by atoms with Gasteiger partial charge in [-0.05, 0) is 91.7 Å². The van der Waals surface area contributed by atoms with E-state index in [0.717, 1.165) is 43.8 Å². The van der Waals surface area contributed by atoms with Crippen molar-refractivity contribution in [2.75, 3.05) is 0 Å². The highest BCUT2D eigenvalue weighted by Crippen LogP contribution is 2.63. The topological polar surface area (TPSA) is 109 Å². The van der Waals surface area contributed by atoms with Gasteiger partial charge in [-0.3, -0.25) is 9.11 Å². The van der Waals surface area contributed by atoms with Crippen molar-refractivity contribution in [1.29, 1.82) is 0 Å². The number of rotatable bonds is 2. The summed E-state index contributed by atoms with van der Waals surface area (Å²) >= 11 is 0. The number of benzene rings is 5. The lowest BCUT2D eigenvalue weighted by molar-refractivity contribution is 0.435. The summed E-state index contributed by atoms with van der Waals surface area (Å²) in [6.07, 6.45) is 2.52. The Hall–Kier alpha value is -3.56. The summed E-state index contributed by atoms with van der Waals surface area (Å²) in [4.78, 5) is -0.274. The molecule has 0 aromatic heterocycles. The van der Waals surface area contributed by atoms with Crippen molar-refractivity contribution >= 4 is 41.8 Å². The fourth-order valence-corrected chi connectivity index (χ4v) is 11.1. The van der Waals surface area contributed by atoms with Crippen molar-refractivity contribution < 1.29 is 25.9 Å². The van der Waals surface area contributed by atoms with Crippen LogP contribution in [-0.4, -0.2) is 25.9 Å². The van der Waals surface area contributed by atoms with Crippen LogP contribution < -0.4 is 0 Å². The second kappa shape index (κ2) is 8.08. The third-order valence-electron chi connectivity index (χ3n) is 10.4. The molecular weight excluding hydrogens is 569 g/mol. The largest absolute Gasteiger partial charge is 0.295 e. The Bertz CT molecular complexity index is 2000. The quantitative estimate of drug-likeness (QED) is 0.209. The van der Waals surface area contributed by atoms with Crippen LogP contribution in [0.3, 0.4) is 0 Å². The molecule has 5 aromatic rings. The zero-order chi connectivity index (χ0) is 28.7. The minimum Gasteiger partial charge on any atom is -0.282 e. The lowest BCUT2D eigenvalue weighted by Gasteiger charge is -2.47. The van der Waals surface area contributed by atoms with Crippen molar-refractivity contribution in [2.45, 2.75) is 59.1 Å². The first kappa shape index (κ1) is 25.0. The van der Waals surface area contributed by atoms with E-state index in [2.05, 4.69) is 24.3 Å². The fraction of sp³-hybridized carbons (Fsp3) is 0.235. The predicted octanol–water partition coefficient (Wildman–Crippen LogP) is 7.23. The second-order valence-electron chi connectivity index (χ2n) is 12.3. The van der Waals surface area contributed by atoms with E-state index in [-0.39, 0.29) is 9.79 Å². The second-order valence-corrected chi connectivity index (χ2v) is 15.0. The Morgan fingerprint density at radius 1 is 0.452 bits per heavy atom. The van der Waals surface area contributed by atoms with E-state index >= 15 is 0 Å². The molecule has 5 aromatic carbocycles. The molecule has 0 radical (unpaired) electrons. The molecule has 4 bridgehead atoms. The van der Waals surface area contributed by atoms with E-state index in [9.17, 15) is 25.9 Å². The third kappa shape index (κ3) is 3.16. The first-order valence-corrected chi connectivity index (χ1v) is 17.2. The van der Waals surface area contributed by atoms with Crippen LogP contribution in [0.4, 0.5) is 0 Å². The van der Waals surface area contributed by atoms with Gasteiger partial charge in [0.15, 0.2) is 0 Å². The molecule has 0 fully saturated rings. The normalized spacial score (nSPS) is 23.5. The Kier molecular flexibility index (Phi) is 4.81. The van der Waals surface area contributed by atoms with Gasteiger partial charge in [0.2, 0.25) is 0 Å². The van der Waals surface area contributed by atoms with E-state index in [1.165, 1.54) is 0 Å². The lowest BCUT2D eigenvalue weighted by atomic mass is 9.58. The molecule has 0 spiro atoms. The number of hydrogen-bond acceptors (Lipinski definition) is 4. The zero-order valence-electron chi connectivity index (χ0n) is 22.4. The highest BCUT2D eigenvalue weighted by atomic mass is 32.2. The van der Waals surface area contributed by atoms with Crippen LogP contribution in [0.5, 0.6) is 0 Å². The summed E-state index contributed by atoms with van der Waals surface area (Å²) < 4.78 is 75.8. The van der Waals surface area contributed by atoms with Gasteiger partial charge in [0.05, 0.1) is 0 Å². The first-order chi connectivity index (χ1) is 20.1. The Labute approximate surface area is 243 Å². The summed E-state index contributed by atoms with van der Waals surface area (Å²) in [6.45, 7) is 0. The van der Waals surface area contributed by atoms with Crippen LogP contribution in [0, 0.1) is 0 Å². The maximum atomic E-state index is 13.5. The monoisotopic (exact) mass is 594 g/mol. The van der Waals surface area contributed by atoms with Crippen molar-refractivity contribution in [3.05, 3.63) is 117 Å². The molecule has 11 rings (SSSR count). The number of fused-ring (bicyclic) bond motifs is 4. The predicted molar refractivity (Wildman–Crippen MR) is 160 cm³/mol. The van der Waals surface area contributed by atoms with Gasteiger partial charge in [-0.2, -0.15) is 16.8 Å². The molecule has 210 valence electrons. The van der Waals surface area contributed by atoms with Crippen LogP contribution in [0.15, 0.2) is 82.6 Å². The SMILES string of the molecule is O=S(=O)(O)c1c2c(c(S(=O)(=O)O)c3c1C1CCC3c3cc4ccccc4cc31)C1CCC2c2cc3ccccc3cc21. The summed E-state index contributed by atoms with van der Waals surface area (Å²) in [5, 5.41) is 4.08. The smallest absolute Gasteiger partial charge is 0.282 e. The highest BCUT2D eigenvalue weighted by molar-refractivity contribution is 7.86. The molecule has 6 aliphatic rings. The molecule has 42 heavy (non-hydrogen) atoms. The van der Waals surface area contributed by atoms with Gasteiger partial charge in [0.25, 0.3) is 20.2 Å². The van der Waals surface area contributed by atoms with Gasteiger partial charge >= 0.3 is 0 Å². The molecule has 4 atom stereocenters. The minimum atomic E-state index is -4.76. The maximum Gasteiger partial charge on any atom is 0.295 e. The first-order valence-electron chi connectivity index (χ1n) is 14.3. The molecule has 4 unspecified atom stereocenters. The highest BCUT2D eigenvalue weighted by Gasteiger charge is 2.51. The van der Waals surface area contributed by atoms with E-state index in [0.29, 0.717) is 47.9 Å².